The number of hydrogen-bond acceptors (Lipinski definition) is 4. The summed E-state index contributed by atoms with van der Waals surface area (Å²) in [5.74, 6) is 0. The normalized spacial score (nSPS) is 20.8. The molecule has 1 fully saturated rings. The summed E-state index contributed by atoms with van der Waals surface area (Å²) in [6.45, 7) is 15.0. The average molecular weight is 243 g/mol. The predicted octanol–water partition coefficient (Wildman–Crippen LogP) is 0.360. The second kappa shape index (κ2) is 5.65. The molecule has 0 spiro atoms. The van der Waals surface area contributed by atoms with Gasteiger partial charge in [-0.1, -0.05) is 13.8 Å². The lowest BCUT2D eigenvalue weighted by Crippen LogP contribution is -2.52. The first-order chi connectivity index (χ1) is 7.72. The fraction of sp³-hybridized carbons (Fsp3) is 1.00. The van der Waals surface area contributed by atoms with Crippen LogP contribution in [0.2, 0.25) is 0 Å². The molecule has 0 amide bonds. The Morgan fingerprint density at radius 3 is 1.71 bits per heavy atom. The van der Waals surface area contributed by atoms with E-state index in [4.69, 9.17) is 5.73 Å². The fourth-order valence-corrected chi connectivity index (χ4v) is 2.32. The van der Waals surface area contributed by atoms with Crippen LogP contribution in [-0.4, -0.2) is 66.3 Å². The Balaban J connectivity index is 2.31. The zero-order valence-corrected chi connectivity index (χ0v) is 11.9. The van der Waals surface area contributed by atoms with Gasteiger partial charge >= 0.3 is 0 Å². The van der Waals surface area contributed by atoms with Crippen LogP contribution >= 0.6 is 0 Å². The summed E-state index contributed by atoms with van der Waals surface area (Å²) in [4.78, 5) is 4.82. The number of rotatable bonds is 5. The molecular formula is C13H29N3O. The van der Waals surface area contributed by atoms with Crippen molar-refractivity contribution in [2.75, 3.05) is 45.8 Å². The Kier molecular flexibility index (Phi) is 4.95. The molecule has 1 aliphatic rings. The summed E-state index contributed by atoms with van der Waals surface area (Å²) >= 11 is 0. The Morgan fingerprint density at radius 2 is 1.35 bits per heavy atom. The molecule has 1 heterocycles. The zero-order valence-electron chi connectivity index (χ0n) is 11.9. The molecule has 0 aromatic carbocycles. The van der Waals surface area contributed by atoms with Gasteiger partial charge < -0.3 is 15.7 Å². The van der Waals surface area contributed by atoms with Gasteiger partial charge in [-0.2, -0.15) is 0 Å². The average Bonchev–Trinajstić information content (AvgIpc) is 2.19. The minimum Gasteiger partial charge on any atom is -0.389 e. The second-order valence-corrected chi connectivity index (χ2v) is 6.73. The van der Waals surface area contributed by atoms with Crippen molar-refractivity contribution in [3.8, 4) is 0 Å². The van der Waals surface area contributed by atoms with E-state index < -0.39 is 5.60 Å². The maximum Gasteiger partial charge on any atom is 0.0718 e. The smallest absolute Gasteiger partial charge is 0.0718 e. The van der Waals surface area contributed by atoms with E-state index >= 15 is 0 Å². The third kappa shape index (κ3) is 5.82. The van der Waals surface area contributed by atoms with Crippen molar-refractivity contribution >= 4 is 0 Å². The van der Waals surface area contributed by atoms with Gasteiger partial charge in [0.2, 0.25) is 0 Å². The summed E-state index contributed by atoms with van der Waals surface area (Å²) in [5, 5.41) is 9.79. The van der Waals surface area contributed by atoms with E-state index in [2.05, 4.69) is 23.6 Å². The van der Waals surface area contributed by atoms with E-state index in [0.717, 1.165) is 45.8 Å². The van der Waals surface area contributed by atoms with E-state index in [-0.39, 0.29) is 5.41 Å². The largest absolute Gasteiger partial charge is 0.389 e. The van der Waals surface area contributed by atoms with E-state index in [1.54, 1.807) is 0 Å². The first-order valence-electron chi connectivity index (χ1n) is 6.59. The van der Waals surface area contributed by atoms with Gasteiger partial charge in [0.15, 0.2) is 0 Å². The van der Waals surface area contributed by atoms with E-state index in [1.807, 2.05) is 13.8 Å². The molecule has 0 saturated carbocycles. The molecule has 1 aliphatic heterocycles. The highest BCUT2D eigenvalue weighted by atomic mass is 16.3. The minimum atomic E-state index is -0.585. The highest BCUT2D eigenvalue weighted by Crippen LogP contribution is 2.16. The Labute approximate surface area is 106 Å². The van der Waals surface area contributed by atoms with Gasteiger partial charge in [0.1, 0.15) is 0 Å². The number of nitrogens with zero attached hydrogens (tertiary/aromatic N) is 2. The lowest BCUT2D eigenvalue weighted by molar-refractivity contribution is 0.0130. The summed E-state index contributed by atoms with van der Waals surface area (Å²) < 4.78 is 0. The van der Waals surface area contributed by atoms with Gasteiger partial charge in [0.25, 0.3) is 0 Å². The summed E-state index contributed by atoms with van der Waals surface area (Å²) in [6, 6.07) is 0. The third-order valence-electron chi connectivity index (χ3n) is 3.28. The third-order valence-corrected chi connectivity index (χ3v) is 3.28. The molecule has 0 aromatic rings. The molecule has 1 saturated heterocycles. The standard InChI is InChI=1S/C13H29N3O/c1-12(2,9-14)10-15-5-7-16(8-6-15)11-13(3,4)17/h17H,5-11,14H2,1-4H3. The molecule has 102 valence electrons. The molecular weight excluding hydrogens is 214 g/mol. The number of nitrogens with two attached hydrogens (primary N) is 1. The van der Waals surface area contributed by atoms with Crippen LogP contribution in [0.1, 0.15) is 27.7 Å². The van der Waals surface area contributed by atoms with E-state index in [1.165, 1.54) is 0 Å². The molecule has 4 heteroatoms. The first kappa shape index (κ1) is 14.9. The molecule has 0 bridgehead atoms. The maximum absolute atomic E-state index is 9.79. The van der Waals surface area contributed by atoms with Gasteiger partial charge in [0, 0.05) is 39.3 Å². The van der Waals surface area contributed by atoms with Crippen LogP contribution in [0.3, 0.4) is 0 Å². The molecule has 3 N–H and O–H groups in total. The Bertz CT molecular complexity index is 227. The Hall–Kier alpha value is -0.160. The van der Waals surface area contributed by atoms with Gasteiger partial charge in [0.05, 0.1) is 5.60 Å². The van der Waals surface area contributed by atoms with Gasteiger partial charge in [-0.05, 0) is 25.8 Å². The van der Waals surface area contributed by atoms with Gasteiger partial charge in [-0.15, -0.1) is 0 Å². The lowest BCUT2D eigenvalue weighted by atomic mass is 9.93. The molecule has 0 aromatic heterocycles. The van der Waals surface area contributed by atoms with Crippen molar-refractivity contribution in [3.05, 3.63) is 0 Å². The summed E-state index contributed by atoms with van der Waals surface area (Å²) in [5.41, 5.74) is 5.39. The highest BCUT2D eigenvalue weighted by molar-refractivity contribution is 4.81. The van der Waals surface area contributed by atoms with Crippen molar-refractivity contribution in [1.29, 1.82) is 0 Å². The molecule has 4 nitrogen and oxygen atoms in total. The van der Waals surface area contributed by atoms with Crippen LogP contribution < -0.4 is 5.73 Å². The highest BCUT2D eigenvalue weighted by Gasteiger charge is 2.26. The number of piperazine rings is 1. The maximum atomic E-state index is 9.79. The number of aliphatic hydroxyl groups is 1. The summed E-state index contributed by atoms with van der Waals surface area (Å²) in [6.07, 6.45) is 0. The van der Waals surface area contributed by atoms with Crippen LogP contribution in [0.25, 0.3) is 0 Å². The Morgan fingerprint density at radius 1 is 0.941 bits per heavy atom. The van der Waals surface area contributed by atoms with Crippen LogP contribution in [0.15, 0.2) is 0 Å². The molecule has 0 aliphatic carbocycles. The van der Waals surface area contributed by atoms with Crippen LogP contribution in [0.5, 0.6) is 0 Å². The quantitative estimate of drug-likeness (QED) is 0.732. The molecule has 0 atom stereocenters. The number of hydrogen-bond donors (Lipinski definition) is 2. The zero-order chi connectivity index (χ0) is 13.1. The fourth-order valence-electron chi connectivity index (χ4n) is 2.32. The van der Waals surface area contributed by atoms with Gasteiger partial charge in [-0.25, -0.2) is 0 Å². The van der Waals surface area contributed by atoms with Crippen molar-refractivity contribution in [2.24, 2.45) is 11.1 Å². The van der Waals surface area contributed by atoms with Crippen molar-refractivity contribution in [2.45, 2.75) is 33.3 Å². The second-order valence-electron chi connectivity index (χ2n) is 6.73. The van der Waals surface area contributed by atoms with Crippen molar-refractivity contribution in [1.82, 2.24) is 9.80 Å². The SMILES string of the molecule is CC(C)(O)CN1CCN(CC(C)(C)CN)CC1. The van der Waals surface area contributed by atoms with Gasteiger partial charge in [-0.3, -0.25) is 4.90 Å². The first-order valence-corrected chi connectivity index (χ1v) is 6.59. The topological polar surface area (TPSA) is 52.7 Å². The monoisotopic (exact) mass is 243 g/mol. The predicted molar refractivity (Wildman–Crippen MR) is 72.0 cm³/mol. The lowest BCUT2D eigenvalue weighted by Gasteiger charge is -2.40. The van der Waals surface area contributed by atoms with E-state index in [0.29, 0.717) is 0 Å². The van der Waals surface area contributed by atoms with Crippen LogP contribution in [0.4, 0.5) is 0 Å². The molecule has 17 heavy (non-hydrogen) atoms. The molecule has 1 rings (SSSR count). The minimum absolute atomic E-state index is 0.207. The van der Waals surface area contributed by atoms with Crippen molar-refractivity contribution < 1.29 is 5.11 Å². The summed E-state index contributed by atoms with van der Waals surface area (Å²) in [7, 11) is 0. The van der Waals surface area contributed by atoms with E-state index in [9.17, 15) is 5.11 Å². The molecule has 0 unspecified atom stereocenters. The van der Waals surface area contributed by atoms with Crippen molar-refractivity contribution in [3.63, 3.8) is 0 Å². The molecule has 0 radical (unpaired) electrons. The van der Waals surface area contributed by atoms with Crippen LogP contribution in [0, 0.1) is 5.41 Å². The van der Waals surface area contributed by atoms with Crippen LogP contribution in [-0.2, 0) is 0 Å². The number of β-amino-alcohol motifs (C(OH)–C–C–N with tert-alkyl or cyclic N) is 1.